The Morgan fingerprint density at radius 2 is 2.12 bits per heavy atom. The van der Waals surface area contributed by atoms with Gasteiger partial charge in [0.1, 0.15) is 11.5 Å². The molecule has 0 aliphatic carbocycles. The van der Waals surface area contributed by atoms with Crippen molar-refractivity contribution in [1.29, 1.82) is 0 Å². The van der Waals surface area contributed by atoms with E-state index < -0.39 is 0 Å². The van der Waals surface area contributed by atoms with Crippen LogP contribution in [0.15, 0.2) is 24.3 Å². The SMILES string of the molecule is CCCNCCCOc1cccc(O)c1.Cl. The number of hydrogen-bond donors (Lipinski definition) is 2. The average molecular weight is 246 g/mol. The van der Waals surface area contributed by atoms with Crippen molar-refractivity contribution in [3.63, 3.8) is 0 Å². The van der Waals surface area contributed by atoms with E-state index in [1.54, 1.807) is 18.2 Å². The molecule has 4 heteroatoms. The Labute approximate surface area is 103 Å². The molecule has 0 radical (unpaired) electrons. The van der Waals surface area contributed by atoms with Gasteiger partial charge in [0.05, 0.1) is 6.61 Å². The van der Waals surface area contributed by atoms with Crippen LogP contribution in [0.3, 0.4) is 0 Å². The van der Waals surface area contributed by atoms with E-state index in [-0.39, 0.29) is 18.2 Å². The molecule has 1 rings (SSSR count). The lowest BCUT2D eigenvalue weighted by atomic mass is 10.3. The number of aromatic hydroxyl groups is 1. The van der Waals surface area contributed by atoms with E-state index in [0.29, 0.717) is 6.61 Å². The molecule has 0 unspecified atom stereocenters. The molecule has 0 amide bonds. The van der Waals surface area contributed by atoms with Gasteiger partial charge in [0.25, 0.3) is 0 Å². The van der Waals surface area contributed by atoms with Crippen LogP contribution in [0.5, 0.6) is 11.5 Å². The van der Waals surface area contributed by atoms with Gasteiger partial charge in [-0.15, -0.1) is 12.4 Å². The number of halogens is 1. The number of rotatable bonds is 7. The van der Waals surface area contributed by atoms with E-state index in [9.17, 15) is 5.11 Å². The zero-order valence-corrected chi connectivity index (χ0v) is 10.4. The fraction of sp³-hybridized carbons (Fsp3) is 0.500. The Hall–Kier alpha value is -0.930. The molecule has 0 fully saturated rings. The quantitative estimate of drug-likeness (QED) is 0.726. The Kier molecular flexibility index (Phi) is 8.77. The molecule has 0 aliphatic heterocycles. The van der Waals surface area contributed by atoms with Crippen LogP contribution in [0.1, 0.15) is 19.8 Å². The van der Waals surface area contributed by atoms with Crippen LogP contribution in [0, 0.1) is 0 Å². The molecule has 0 saturated carbocycles. The first-order valence-electron chi connectivity index (χ1n) is 5.45. The molecule has 2 N–H and O–H groups in total. The van der Waals surface area contributed by atoms with E-state index >= 15 is 0 Å². The fourth-order valence-corrected chi connectivity index (χ4v) is 1.26. The molecule has 0 bridgehead atoms. The molecular formula is C12H20ClNO2. The van der Waals surface area contributed by atoms with Gasteiger partial charge in [-0.25, -0.2) is 0 Å². The Morgan fingerprint density at radius 1 is 1.31 bits per heavy atom. The van der Waals surface area contributed by atoms with Crippen molar-refractivity contribution >= 4 is 12.4 Å². The highest BCUT2D eigenvalue weighted by Gasteiger charge is 1.94. The summed E-state index contributed by atoms with van der Waals surface area (Å²) in [7, 11) is 0. The molecular weight excluding hydrogens is 226 g/mol. The largest absolute Gasteiger partial charge is 0.508 e. The summed E-state index contributed by atoms with van der Waals surface area (Å²) in [5.41, 5.74) is 0. The van der Waals surface area contributed by atoms with E-state index in [2.05, 4.69) is 12.2 Å². The lowest BCUT2D eigenvalue weighted by Gasteiger charge is -2.06. The molecule has 0 atom stereocenters. The van der Waals surface area contributed by atoms with Crippen LogP contribution in [0.25, 0.3) is 0 Å². The highest BCUT2D eigenvalue weighted by atomic mass is 35.5. The molecule has 3 nitrogen and oxygen atoms in total. The maximum Gasteiger partial charge on any atom is 0.122 e. The molecule has 1 aromatic rings. The van der Waals surface area contributed by atoms with Crippen molar-refractivity contribution < 1.29 is 9.84 Å². The molecule has 0 saturated heterocycles. The summed E-state index contributed by atoms with van der Waals surface area (Å²) in [4.78, 5) is 0. The number of hydrogen-bond acceptors (Lipinski definition) is 3. The minimum atomic E-state index is 0. The normalized spacial score (nSPS) is 9.56. The molecule has 16 heavy (non-hydrogen) atoms. The minimum absolute atomic E-state index is 0. The standard InChI is InChI=1S/C12H19NO2.ClH/c1-2-7-13-8-4-9-15-12-6-3-5-11(14)10-12;/h3,5-6,10,13-14H,2,4,7-9H2,1H3;1H. The van der Waals surface area contributed by atoms with Crippen molar-refractivity contribution in [2.24, 2.45) is 0 Å². The third kappa shape index (κ3) is 6.53. The zero-order chi connectivity index (χ0) is 10.9. The van der Waals surface area contributed by atoms with E-state index in [1.807, 2.05) is 6.07 Å². The van der Waals surface area contributed by atoms with Gasteiger partial charge in [-0.3, -0.25) is 0 Å². The monoisotopic (exact) mass is 245 g/mol. The van der Waals surface area contributed by atoms with Gasteiger partial charge in [0, 0.05) is 6.07 Å². The van der Waals surface area contributed by atoms with Gasteiger partial charge in [0.2, 0.25) is 0 Å². The summed E-state index contributed by atoms with van der Waals surface area (Å²) in [6.45, 7) is 4.87. The Morgan fingerprint density at radius 3 is 2.81 bits per heavy atom. The van der Waals surface area contributed by atoms with E-state index in [1.165, 1.54) is 0 Å². The van der Waals surface area contributed by atoms with Crippen LogP contribution in [0.2, 0.25) is 0 Å². The summed E-state index contributed by atoms with van der Waals surface area (Å²) in [6.07, 6.45) is 2.14. The van der Waals surface area contributed by atoms with Crippen LogP contribution in [-0.4, -0.2) is 24.8 Å². The zero-order valence-electron chi connectivity index (χ0n) is 9.61. The first kappa shape index (κ1) is 15.1. The van der Waals surface area contributed by atoms with Crippen molar-refractivity contribution in [1.82, 2.24) is 5.32 Å². The summed E-state index contributed by atoms with van der Waals surface area (Å²) < 4.78 is 5.47. The molecule has 0 aliphatic rings. The lowest BCUT2D eigenvalue weighted by molar-refractivity contribution is 0.306. The Bertz CT molecular complexity index is 281. The van der Waals surface area contributed by atoms with Gasteiger partial charge in [-0.05, 0) is 38.1 Å². The van der Waals surface area contributed by atoms with Crippen molar-refractivity contribution in [3.05, 3.63) is 24.3 Å². The highest BCUT2D eigenvalue weighted by molar-refractivity contribution is 5.85. The first-order valence-corrected chi connectivity index (χ1v) is 5.45. The van der Waals surface area contributed by atoms with Gasteiger partial charge in [-0.2, -0.15) is 0 Å². The topological polar surface area (TPSA) is 41.5 Å². The molecule has 0 heterocycles. The van der Waals surface area contributed by atoms with Gasteiger partial charge in [0.15, 0.2) is 0 Å². The lowest BCUT2D eigenvalue weighted by Crippen LogP contribution is -2.17. The van der Waals surface area contributed by atoms with Gasteiger partial charge < -0.3 is 15.2 Å². The van der Waals surface area contributed by atoms with Crippen LogP contribution < -0.4 is 10.1 Å². The second kappa shape index (κ2) is 9.31. The average Bonchev–Trinajstić information content (AvgIpc) is 2.23. The van der Waals surface area contributed by atoms with Crippen molar-refractivity contribution in [3.8, 4) is 11.5 Å². The van der Waals surface area contributed by atoms with Gasteiger partial charge >= 0.3 is 0 Å². The maximum absolute atomic E-state index is 9.19. The third-order valence-corrected chi connectivity index (χ3v) is 2.01. The number of nitrogens with one attached hydrogen (secondary N) is 1. The molecule has 1 aromatic carbocycles. The summed E-state index contributed by atoms with van der Waals surface area (Å²) in [5.74, 6) is 0.974. The number of phenolic OH excluding ortho intramolecular Hbond substituents is 1. The predicted molar refractivity (Wildman–Crippen MR) is 68.6 cm³/mol. The van der Waals surface area contributed by atoms with Crippen LogP contribution in [0.4, 0.5) is 0 Å². The van der Waals surface area contributed by atoms with Crippen molar-refractivity contribution in [2.75, 3.05) is 19.7 Å². The fourth-order valence-electron chi connectivity index (χ4n) is 1.26. The smallest absolute Gasteiger partial charge is 0.122 e. The van der Waals surface area contributed by atoms with E-state index in [0.717, 1.165) is 31.7 Å². The molecule has 92 valence electrons. The molecule has 0 spiro atoms. The van der Waals surface area contributed by atoms with E-state index in [4.69, 9.17) is 4.74 Å². The first-order chi connectivity index (χ1) is 7.33. The maximum atomic E-state index is 9.19. The minimum Gasteiger partial charge on any atom is -0.508 e. The van der Waals surface area contributed by atoms with Gasteiger partial charge in [-0.1, -0.05) is 13.0 Å². The second-order valence-corrected chi connectivity index (χ2v) is 3.45. The van der Waals surface area contributed by atoms with Crippen LogP contribution in [-0.2, 0) is 0 Å². The summed E-state index contributed by atoms with van der Waals surface area (Å²) in [6, 6.07) is 6.88. The van der Waals surface area contributed by atoms with Crippen LogP contribution >= 0.6 is 12.4 Å². The Balaban J connectivity index is 0.00000225. The number of ether oxygens (including phenoxy) is 1. The number of phenols is 1. The highest BCUT2D eigenvalue weighted by Crippen LogP contribution is 2.17. The predicted octanol–water partition coefficient (Wildman–Crippen LogP) is 2.58. The second-order valence-electron chi connectivity index (χ2n) is 3.45. The third-order valence-electron chi connectivity index (χ3n) is 2.01. The molecule has 0 aromatic heterocycles. The summed E-state index contributed by atoms with van der Waals surface area (Å²) in [5, 5.41) is 12.5. The van der Waals surface area contributed by atoms with Crippen molar-refractivity contribution in [2.45, 2.75) is 19.8 Å². The number of benzene rings is 1. The summed E-state index contributed by atoms with van der Waals surface area (Å²) >= 11 is 0.